The summed E-state index contributed by atoms with van der Waals surface area (Å²) >= 11 is 0. The Labute approximate surface area is 152 Å². The van der Waals surface area contributed by atoms with Crippen LogP contribution in [0.2, 0.25) is 0 Å². The predicted molar refractivity (Wildman–Crippen MR) is 98.3 cm³/mol. The molecule has 1 amide bonds. The summed E-state index contributed by atoms with van der Waals surface area (Å²) in [5.41, 5.74) is 1.92. The monoisotopic (exact) mass is 350 g/mol. The zero-order valence-electron chi connectivity index (χ0n) is 15.2. The fourth-order valence-electron chi connectivity index (χ4n) is 2.83. The summed E-state index contributed by atoms with van der Waals surface area (Å²) in [6.07, 6.45) is 10.3. The van der Waals surface area contributed by atoms with E-state index in [0.29, 0.717) is 17.1 Å². The van der Waals surface area contributed by atoms with Gasteiger partial charge < -0.3 is 9.88 Å². The van der Waals surface area contributed by atoms with Crippen LogP contribution in [0.5, 0.6) is 0 Å². The van der Waals surface area contributed by atoms with Crippen molar-refractivity contribution >= 4 is 5.91 Å². The molecular formula is C19H22N6O. The molecule has 0 aliphatic heterocycles. The van der Waals surface area contributed by atoms with Gasteiger partial charge in [-0.15, -0.1) is 0 Å². The van der Waals surface area contributed by atoms with Crippen LogP contribution >= 0.6 is 0 Å². The first kappa shape index (κ1) is 17.7. The van der Waals surface area contributed by atoms with Crippen molar-refractivity contribution in [2.75, 3.05) is 0 Å². The highest BCUT2D eigenvalue weighted by Gasteiger charge is 2.20. The first-order chi connectivity index (χ1) is 12.6. The summed E-state index contributed by atoms with van der Waals surface area (Å²) in [6.45, 7) is 3.89. The molecule has 0 aliphatic carbocycles. The molecule has 0 saturated carbocycles. The van der Waals surface area contributed by atoms with E-state index >= 15 is 0 Å². The average Bonchev–Trinajstić information content (AvgIpc) is 3.07. The largest absolute Gasteiger partial charge is 0.342 e. The van der Waals surface area contributed by atoms with E-state index in [1.54, 1.807) is 24.8 Å². The fourth-order valence-corrected chi connectivity index (χ4v) is 2.83. The molecule has 0 saturated heterocycles. The van der Waals surface area contributed by atoms with Crippen LogP contribution in [0.1, 0.15) is 47.7 Å². The van der Waals surface area contributed by atoms with Crippen LogP contribution in [0.3, 0.4) is 0 Å². The number of aromatic nitrogens is 5. The van der Waals surface area contributed by atoms with Crippen LogP contribution in [0, 0.1) is 6.92 Å². The van der Waals surface area contributed by atoms with Crippen molar-refractivity contribution < 1.29 is 4.79 Å². The number of imidazole rings is 1. The molecule has 3 aromatic heterocycles. The van der Waals surface area contributed by atoms with Gasteiger partial charge in [0.1, 0.15) is 5.82 Å². The van der Waals surface area contributed by atoms with Gasteiger partial charge in [-0.2, -0.15) is 0 Å². The molecule has 1 atom stereocenters. The summed E-state index contributed by atoms with van der Waals surface area (Å²) < 4.78 is 1.93. The van der Waals surface area contributed by atoms with E-state index in [2.05, 4.69) is 32.2 Å². The minimum Gasteiger partial charge on any atom is -0.342 e. The number of nitrogens with zero attached hydrogens (tertiary/aromatic N) is 5. The number of carbonyl (C=O) groups is 1. The Morgan fingerprint density at radius 1 is 1.27 bits per heavy atom. The third kappa shape index (κ3) is 3.77. The topological polar surface area (TPSA) is 85.6 Å². The molecule has 26 heavy (non-hydrogen) atoms. The molecule has 0 fully saturated rings. The van der Waals surface area contributed by atoms with Gasteiger partial charge in [0, 0.05) is 43.6 Å². The summed E-state index contributed by atoms with van der Waals surface area (Å²) in [6, 6.07) is 3.57. The molecule has 0 aromatic carbocycles. The van der Waals surface area contributed by atoms with Crippen LogP contribution in [0.15, 0.2) is 43.1 Å². The number of pyridine rings is 1. The minimum absolute atomic E-state index is 0.148. The van der Waals surface area contributed by atoms with E-state index < -0.39 is 0 Å². The maximum atomic E-state index is 12.8. The lowest BCUT2D eigenvalue weighted by Gasteiger charge is -2.18. The van der Waals surface area contributed by atoms with Crippen molar-refractivity contribution in [1.82, 2.24) is 29.8 Å². The molecule has 3 heterocycles. The van der Waals surface area contributed by atoms with Crippen molar-refractivity contribution in [2.45, 2.75) is 32.7 Å². The van der Waals surface area contributed by atoms with E-state index in [1.165, 1.54) is 0 Å². The Kier molecular flexibility index (Phi) is 5.36. The van der Waals surface area contributed by atoms with Crippen molar-refractivity contribution in [2.24, 2.45) is 7.05 Å². The first-order valence-corrected chi connectivity index (χ1v) is 8.62. The summed E-state index contributed by atoms with van der Waals surface area (Å²) in [7, 11) is 1.92. The quantitative estimate of drug-likeness (QED) is 0.739. The highest BCUT2D eigenvalue weighted by Crippen LogP contribution is 2.19. The average molecular weight is 350 g/mol. The Morgan fingerprint density at radius 3 is 2.73 bits per heavy atom. The summed E-state index contributed by atoms with van der Waals surface area (Å²) in [5.74, 6) is 1.20. The molecule has 3 aromatic rings. The molecule has 1 unspecified atom stereocenters. The number of carbonyl (C=O) groups excluding carboxylic acids is 1. The zero-order chi connectivity index (χ0) is 18.5. The Balaban J connectivity index is 1.82. The number of amides is 1. The van der Waals surface area contributed by atoms with E-state index in [9.17, 15) is 4.79 Å². The fraction of sp³-hybridized carbons (Fsp3) is 0.316. The number of rotatable bonds is 6. The molecule has 0 bridgehead atoms. The molecule has 3 rings (SSSR count). The van der Waals surface area contributed by atoms with Gasteiger partial charge in [0.05, 0.1) is 17.3 Å². The van der Waals surface area contributed by atoms with E-state index in [1.807, 2.05) is 36.9 Å². The van der Waals surface area contributed by atoms with Crippen LogP contribution in [0.25, 0.3) is 11.4 Å². The molecule has 0 aliphatic rings. The number of hydrogen-bond acceptors (Lipinski definition) is 5. The van der Waals surface area contributed by atoms with Crippen molar-refractivity contribution in [1.29, 1.82) is 0 Å². The second kappa shape index (κ2) is 7.86. The first-order valence-electron chi connectivity index (χ1n) is 8.62. The van der Waals surface area contributed by atoms with Crippen molar-refractivity contribution in [3.8, 4) is 11.4 Å². The lowest BCUT2D eigenvalue weighted by Crippen LogP contribution is -2.31. The lowest BCUT2D eigenvalue weighted by molar-refractivity contribution is 0.0930. The minimum atomic E-state index is -0.193. The molecular weight excluding hydrogens is 328 g/mol. The van der Waals surface area contributed by atoms with Gasteiger partial charge in [-0.25, -0.2) is 15.0 Å². The third-order valence-corrected chi connectivity index (χ3v) is 4.20. The smallest absolute Gasteiger partial charge is 0.255 e. The second-order valence-corrected chi connectivity index (χ2v) is 6.15. The summed E-state index contributed by atoms with van der Waals surface area (Å²) in [4.78, 5) is 30.0. The number of aryl methyl sites for hydroxylation is 2. The van der Waals surface area contributed by atoms with Gasteiger partial charge in [-0.1, -0.05) is 13.3 Å². The Morgan fingerprint density at radius 2 is 2.12 bits per heavy atom. The van der Waals surface area contributed by atoms with Gasteiger partial charge in [-0.3, -0.25) is 9.78 Å². The molecule has 0 spiro atoms. The zero-order valence-corrected chi connectivity index (χ0v) is 15.2. The SMILES string of the molecule is CCCC(NC(=O)c1cnc(-c2cccnc2)nc1C)c1nccn1C. The second-order valence-electron chi connectivity index (χ2n) is 6.15. The number of hydrogen-bond donors (Lipinski definition) is 1. The van der Waals surface area contributed by atoms with Crippen LogP contribution in [-0.4, -0.2) is 30.4 Å². The summed E-state index contributed by atoms with van der Waals surface area (Å²) in [5, 5.41) is 3.06. The highest BCUT2D eigenvalue weighted by molar-refractivity contribution is 5.95. The van der Waals surface area contributed by atoms with Gasteiger partial charge >= 0.3 is 0 Å². The predicted octanol–water partition coefficient (Wildman–Crippen LogP) is 2.85. The molecule has 7 heteroatoms. The van der Waals surface area contributed by atoms with E-state index in [4.69, 9.17) is 0 Å². The van der Waals surface area contributed by atoms with E-state index in [0.717, 1.165) is 24.2 Å². The van der Waals surface area contributed by atoms with Crippen LogP contribution < -0.4 is 5.32 Å². The van der Waals surface area contributed by atoms with E-state index in [-0.39, 0.29) is 11.9 Å². The third-order valence-electron chi connectivity index (χ3n) is 4.20. The Hall–Kier alpha value is -3.09. The van der Waals surface area contributed by atoms with Crippen LogP contribution in [0.4, 0.5) is 0 Å². The Bertz CT molecular complexity index is 890. The normalized spacial score (nSPS) is 12.0. The van der Waals surface area contributed by atoms with Gasteiger partial charge in [-0.05, 0) is 25.5 Å². The maximum Gasteiger partial charge on any atom is 0.255 e. The lowest BCUT2D eigenvalue weighted by atomic mass is 10.1. The van der Waals surface area contributed by atoms with Crippen molar-refractivity contribution in [3.05, 3.63) is 60.2 Å². The molecule has 0 radical (unpaired) electrons. The molecule has 1 N–H and O–H groups in total. The maximum absolute atomic E-state index is 12.8. The van der Waals surface area contributed by atoms with Gasteiger partial charge in [0.25, 0.3) is 5.91 Å². The van der Waals surface area contributed by atoms with Crippen molar-refractivity contribution in [3.63, 3.8) is 0 Å². The molecule has 134 valence electrons. The van der Waals surface area contributed by atoms with Crippen LogP contribution in [-0.2, 0) is 7.05 Å². The number of nitrogens with one attached hydrogen (secondary N) is 1. The standard InChI is InChI=1S/C19H22N6O/c1-4-6-16(18-21-9-10-25(18)3)24-19(26)15-12-22-17(23-13(15)2)14-7-5-8-20-11-14/h5,7-12,16H,4,6H2,1-3H3,(H,24,26). The van der Waals surface area contributed by atoms with Gasteiger partial charge in [0.15, 0.2) is 5.82 Å². The molecule has 7 nitrogen and oxygen atoms in total. The van der Waals surface area contributed by atoms with Gasteiger partial charge in [0.2, 0.25) is 0 Å². The highest BCUT2D eigenvalue weighted by atomic mass is 16.1.